The molecule has 1 heterocycles. The predicted molar refractivity (Wildman–Crippen MR) is 102 cm³/mol. The molecule has 1 fully saturated rings. The molecule has 0 atom stereocenters. The number of hydrogen-bond acceptors (Lipinski definition) is 4. The van der Waals surface area contributed by atoms with Gasteiger partial charge in [0.05, 0.1) is 7.11 Å². The Morgan fingerprint density at radius 3 is 2.42 bits per heavy atom. The first-order valence-corrected chi connectivity index (χ1v) is 8.97. The summed E-state index contributed by atoms with van der Waals surface area (Å²) in [5.74, 6) is 1.26. The lowest BCUT2D eigenvalue weighted by atomic mass is 10.1. The molecule has 3 rings (SSSR count). The van der Waals surface area contributed by atoms with Gasteiger partial charge in [0.25, 0.3) is 5.91 Å². The predicted octanol–water partition coefficient (Wildman–Crippen LogP) is 2.73. The summed E-state index contributed by atoms with van der Waals surface area (Å²) < 4.78 is 10.9. The van der Waals surface area contributed by atoms with E-state index in [1.54, 1.807) is 7.11 Å². The molecule has 0 aromatic heterocycles. The van der Waals surface area contributed by atoms with E-state index in [2.05, 4.69) is 36.1 Å². The second-order valence-electron chi connectivity index (χ2n) is 6.59. The van der Waals surface area contributed by atoms with E-state index in [9.17, 15) is 4.79 Å². The van der Waals surface area contributed by atoms with Crippen molar-refractivity contribution in [3.63, 3.8) is 0 Å². The quantitative estimate of drug-likeness (QED) is 0.800. The van der Waals surface area contributed by atoms with Gasteiger partial charge in [0, 0.05) is 32.7 Å². The molecule has 5 heteroatoms. The Balaban J connectivity index is 1.46. The Labute approximate surface area is 155 Å². The fraction of sp³-hybridized carbons (Fsp3) is 0.381. The second kappa shape index (κ2) is 8.72. The molecule has 0 unspecified atom stereocenters. The van der Waals surface area contributed by atoms with Gasteiger partial charge < -0.3 is 14.4 Å². The van der Waals surface area contributed by atoms with Gasteiger partial charge in [-0.2, -0.15) is 0 Å². The van der Waals surface area contributed by atoms with Crippen LogP contribution in [0.15, 0.2) is 48.5 Å². The molecule has 1 amide bonds. The number of amides is 1. The number of hydrogen-bond donors (Lipinski definition) is 0. The Morgan fingerprint density at radius 2 is 1.73 bits per heavy atom. The minimum Gasteiger partial charge on any atom is -0.493 e. The van der Waals surface area contributed by atoms with Gasteiger partial charge >= 0.3 is 0 Å². The molecule has 138 valence electrons. The summed E-state index contributed by atoms with van der Waals surface area (Å²) in [6.07, 6.45) is 0. The zero-order valence-corrected chi connectivity index (χ0v) is 15.5. The lowest BCUT2D eigenvalue weighted by molar-refractivity contribution is -0.135. The number of carbonyl (C=O) groups excluding carboxylic acids is 1. The molecule has 0 aliphatic carbocycles. The number of methoxy groups -OCH3 is 1. The first kappa shape index (κ1) is 18.3. The Hall–Kier alpha value is -2.53. The van der Waals surface area contributed by atoms with Gasteiger partial charge in [-0.1, -0.05) is 42.0 Å². The minimum absolute atomic E-state index is 0.0195. The van der Waals surface area contributed by atoms with Crippen LogP contribution in [0.2, 0.25) is 0 Å². The highest BCUT2D eigenvalue weighted by atomic mass is 16.5. The van der Waals surface area contributed by atoms with E-state index in [0.29, 0.717) is 11.5 Å². The molecule has 2 aromatic carbocycles. The van der Waals surface area contributed by atoms with Crippen molar-refractivity contribution in [3.05, 3.63) is 59.7 Å². The Bertz CT molecular complexity index is 740. The van der Waals surface area contributed by atoms with Crippen LogP contribution in [0.3, 0.4) is 0 Å². The fourth-order valence-corrected chi connectivity index (χ4v) is 3.19. The van der Waals surface area contributed by atoms with Gasteiger partial charge in [0.2, 0.25) is 0 Å². The van der Waals surface area contributed by atoms with E-state index >= 15 is 0 Å². The Morgan fingerprint density at radius 1 is 1.00 bits per heavy atom. The monoisotopic (exact) mass is 354 g/mol. The van der Waals surface area contributed by atoms with Crippen LogP contribution < -0.4 is 9.47 Å². The van der Waals surface area contributed by atoms with E-state index in [1.165, 1.54) is 11.1 Å². The van der Waals surface area contributed by atoms with Crippen molar-refractivity contribution in [1.29, 1.82) is 0 Å². The molecule has 0 bridgehead atoms. The number of ether oxygens (including phenoxy) is 2. The van der Waals surface area contributed by atoms with Crippen LogP contribution in [0, 0.1) is 6.92 Å². The van der Waals surface area contributed by atoms with Crippen molar-refractivity contribution >= 4 is 5.91 Å². The number of nitrogens with zero attached hydrogens (tertiary/aromatic N) is 2. The van der Waals surface area contributed by atoms with Gasteiger partial charge in [-0.25, -0.2) is 0 Å². The smallest absolute Gasteiger partial charge is 0.260 e. The minimum atomic E-state index is 0.0195. The third kappa shape index (κ3) is 4.76. The van der Waals surface area contributed by atoms with E-state index in [0.717, 1.165) is 32.7 Å². The molecule has 2 aromatic rings. The maximum absolute atomic E-state index is 12.4. The van der Waals surface area contributed by atoms with Crippen LogP contribution >= 0.6 is 0 Å². The topological polar surface area (TPSA) is 42.0 Å². The van der Waals surface area contributed by atoms with Crippen LogP contribution in [-0.4, -0.2) is 55.6 Å². The summed E-state index contributed by atoms with van der Waals surface area (Å²) in [6.45, 7) is 6.32. The third-order valence-corrected chi connectivity index (χ3v) is 4.63. The Kier molecular flexibility index (Phi) is 6.12. The average Bonchev–Trinajstić information content (AvgIpc) is 2.67. The first-order chi connectivity index (χ1) is 12.7. The maximum Gasteiger partial charge on any atom is 0.260 e. The normalized spacial score (nSPS) is 14.9. The lowest BCUT2D eigenvalue weighted by Gasteiger charge is -2.34. The molecule has 0 N–H and O–H groups in total. The van der Waals surface area contributed by atoms with Gasteiger partial charge in [-0.15, -0.1) is 0 Å². The van der Waals surface area contributed by atoms with Crippen molar-refractivity contribution in [2.45, 2.75) is 13.5 Å². The molecule has 26 heavy (non-hydrogen) atoms. The summed E-state index contributed by atoms with van der Waals surface area (Å²) >= 11 is 0. The van der Waals surface area contributed by atoms with Crippen LogP contribution in [0.4, 0.5) is 0 Å². The van der Waals surface area contributed by atoms with Crippen molar-refractivity contribution in [1.82, 2.24) is 9.80 Å². The number of benzene rings is 2. The van der Waals surface area contributed by atoms with Crippen molar-refractivity contribution < 1.29 is 14.3 Å². The summed E-state index contributed by atoms with van der Waals surface area (Å²) in [7, 11) is 1.59. The average molecular weight is 354 g/mol. The van der Waals surface area contributed by atoms with Crippen molar-refractivity contribution in [2.75, 3.05) is 39.9 Å². The van der Waals surface area contributed by atoms with Crippen LogP contribution in [0.1, 0.15) is 11.1 Å². The summed E-state index contributed by atoms with van der Waals surface area (Å²) in [5.41, 5.74) is 2.61. The first-order valence-electron chi connectivity index (χ1n) is 8.97. The summed E-state index contributed by atoms with van der Waals surface area (Å²) in [4.78, 5) is 16.7. The molecule has 0 saturated carbocycles. The van der Waals surface area contributed by atoms with Gasteiger partial charge in [0.15, 0.2) is 18.1 Å². The summed E-state index contributed by atoms with van der Waals surface area (Å²) in [5, 5.41) is 0. The molecule has 0 spiro atoms. The second-order valence-corrected chi connectivity index (χ2v) is 6.59. The lowest BCUT2D eigenvalue weighted by Crippen LogP contribution is -2.49. The SMILES string of the molecule is COc1ccccc1OCC(=O)N1CCN(Cc2cccc(C)c2)CC1. The van der Waals surface area contributed by atoms with Gasteiger partial charge in [-0.05, 0) is 24.6 Å². The maximum atomic E-state index is 12.4. The number of piperazine rings is 1. The van der Waals surface area contributed by atoms with Crippen molar-refractivity contribution in [3.8, 4) is 11.5 Å². The van der Waals surface area contributed by atoms with Crippen molar-refractivity contribution in [2.24, 2.45) is 0 Å². The molecule has 1 saturated heterocycles. The van der Waals surface area contributed by atoms with E-state index < -0.39 is 0 Å². The fourth-order valence-electron chi connectivity index (χ4n) is 3.19. The largest absolute Gasteiger partial charge is 0.493 e. The molecular weight excluding hydrogens is 328 g/mol. The third-order valence-electron chi connectivity index (χ3n) is 4.63. The van der Waals surface area contributed by atoms with Crippen LogP contribution in [0.5, 0.6) is 11.5 Å². The van der Waals surface area contributed by atoms with E-state index in [1.807, 2.05) is 29.2 Å². The molecule has 0 radical (unpaired) electrons. The highest BCUT2D eigenvalue weighted by molar-refractivity contribution is 5.78. The molecular formula is C21H26N2O3. The summed E-state index contributed by atoms with van der Waals surface area (Å²) in [6, 6.07) is 16.0. The van der Waals surface area contributed by atoms with Crippen LogP contribution in [0.25, 0.3) is 0 Å². The van der Waals surface area contributed by atoms with Gasteiger partial charge in [0.1, 0.15) is 0 Å². The number of rotatable bonds is 6. The molecule has 1 aliphatic heterocycles. The zero-order valence-electron chi connectivity index (χ0n) is 15.5. The molecule has 1 aliphatic rings. The number of aryl methyl sites for hydroxylation is 1. The van der Waals surface area contributed by atoms with Crippen LogP contribution in [-0.2, 0) is 11.3 Å². The standard InChI is InChI=1S/C21H26N2O3/c1-17-6-5-7-18(14-17)15-22-10-12-23(13-11-22)21(24)16-26-20-9-4-3-8-19(20)25-2/h3-9,14H,10-13,15-16H2,1-2H3. The highest BCUT2D eigenvalue weighted by Gasteiger charge is 2.21. The highest BCUT2D eigenvalue weighted by Crippen LogP contribution is 2.25. The number of carbonyl (C=O) groups is 1. The zero-order chi connectivity index (χ0) is 18.4. The van der Waals surface area contributed by atoms with E-state index in [4.69, 9.17) is 9.47 Å². The van der Waals surface area contributed by atoms with Gasteiger partial charge in [-0.3, -0.25) is 9.69 Å². The number of para-hydroxylation sites is 2. The van der Waals surface area contributed by atoms with E-state index in [-0.39, 0.29) is 12.5 Å². The molecule has 5 nitrogen and oxygen atoms in total.